The van der Waals surface area contributed by atoms with Crippen LogP contribution in [-0.4, -0.2) is 51.6 Å². The van der Waals surface area contributed by atoms with Crippen LogP contribution in [0.5, 0.6) is 0 Å². The highest BCUT2D eigenvalue weighted by Crippen LogP contribution is 2.19. The number of hydrogen-bond donors (Lipinski definition) is 2. The van der Waals surface area contributed by atoms with E-state index in [0.29, 0.717) is 0 Å². The molecule has 1 aromatic carbocycles. The van der Waals surface area contributed by atoms with Crippen LogP contribution in [-0.2, 0) is 24.7 Å². The van der Waals surface area contributed by atoms with Gasteiger partial charge in [-0.15, -0.1) is 0 Å². The lowest BCUT2D eigenvalue weighted by atomic mass is 10.2. The molecule has 0 atom stereocenters. The van der Waals surface area contributed by atoms with Crippen molar-refractivity contribution in [3.05, 3.63) is 24.3 Å². The molecule has 0 radical (unpaired) electrons. The molecule has 0 aliphatic heterocycles. The average Bonchev–Trinajstić information content (AvgIpc) is 2.45. The van der Waals surface area contributed by atoms with E-state index < -0.39 is 32.3 Å². The van der Waals surface area contributed by atoms with Crippen molar-refractivity contribution in [3.63, 3.8) is 0 Å². The van der Waals surface area contributed by atoms with E-state index in [1.54, 1.807) is 13.8 Å². The summed E-state index contributed by atoms with van der Waals surface area (Å²) in [5.74, 6) is -0.909. The molecule has 0 heterocycles. The van der Waals surface area contributed by atoms with Gasteiger partial charge in [-0.25, -0.2) is 22.3 Å². The Morgan fingerprint density at radius 2 is 1.61 bits per heavy atom. The maximum atomic E-state index is 12.6. The number of sulfonamides is 1. The summed E-state index contributed by atoms with van der Waals surface area (Å²) in [4.78, 5) is 11.2. The van der Waals surface area contributed by atoms with E-state index in [9.17, 15) is 21.6 Å². The Morgan fingerprint density at radius 1 is 1.13 bits per heavy atom. The SMILES string of the molecule is CC(C)CN(CC(=O)NO)S(=O)(=O)c1ccc(S(C)(=O)=O)cc1. The Labute approximate surface area is 136 Å². The van der Waals surface area contributed by atoms with Gasteiger partial charge in [-0.1, -0.05) is 13.8 Å². The topological polar surface area (TPSA) is 121 Å². The summed E-state index contributed by atoms with van der Waals surface area (Å²) in [6, 6.07) is 4.75. The van der Waals surface area contributed by atoms with Crippen LogP contribution in [0.4, 0.5) is 0 Å². The molecule has 0 aliphatic carbocycles. The summed E-state index contributed by atoms with van der Waals surface area (Å²) in [5.41, 5.74) is 1.40. The summed E-state index contributed by atoms with van der Waals surface area (Å²) < 4.78 is 49.0. The fraction of sp³-hybridized carbons (Fsp3) is 0.462. The molecule has 23 heavy (non-hydrogen) atoms. The minimum absolute atomic E-state index is 0.0000363. The van der Waals surface area contributed by atoms with Gasteiger partial charge in [-0.2, -0.15) is 4.31 Å². The van der Waals surface area contributed by atoms with Crippen LogP contribution < -0.4 is 5.48 Å². The summed E-state index contributed by atoms with van der Waals surface area (Å²) in [6.07, 6.45) is 1.02. The Kier molecular flexibility index (Phi) is 6.28. The third-order valence-electron chi connectivity index (χ3n) is 2.90. The summed E-state index contributed by atoms with van der Waals surface area (Å²) in [6.45, 7) is 3.10. The van der Waals surface area contributed by atoms with Crippen molar-refractivity contribution in [2.45, 2.75) is 23.6 Å². The molecule has 1 aromatic rings. The Morgan fingerprint density at radius 3 is 2.00 bits per heavy atom. The van der Waals surface area contributed by atoms with E-state index in [-0.39, 0.29) is 22.3 Å². The van der Waals surface area contributed by atoms with Gasteiger partial charge in [0.15, 0.2) is 9.84 Å². The van der Waals surface area contributed by atoms with Crippen LogP contribution in [0.2, 0.25) is 0 Å². The second-order valence-corrected chi connectivity index (χ2v) is 9.42. The van der Waals surface area contributed by atoms with Crippen molar-refractivity contribution in [2.75, 3.05) is 19.3 Å². The van der Waals surface area contributed by atoms with Crippen molar-refractivity contribution in [1.29, 1.82) is 0 Å². The molecule has 0 saturated carbocycles. The van der Waals surface area contributed by atoms with Gasteiger partial charge in [0.2, 0.25) is 10.0 Å². The van der Waals surface area contributed by atoms with Gasteiger partial charge in [-0.3, -0.25) is 10.0 Å². The Hall–Kier alpha value is -1.49. The van der Waals surface area contributed by atoms with Crippen LogP contribution in [0.15, 0.2) is 34.1 Å². The van der Waals surface area contributed by atoms with Crippen LogP contribution >= 0.6 is 0 Å². The molecule has 0 bridgehead atoms. The number of hydroxylamine groups is 1. The number of hydrogen-bond acceptors (Lipinski definition) is 6. The van der Waals surface area contributed by atoms with Crippen molar-refractivity contribution >= 4 is 25.8 Å². The number of rotatable bonds is 7. The van der Waals surface area contributed by atoms with E-state index in [4.69, 9.17) is 5.21 Å². The molecule has 2 N–H and O–H groups in total. The predicted octanol–water partition coefficient (Wildman–Crippen LogP) is 0.242. The number of sulfone groups is 1. The van der Waals surface area contributed by atoms with Crippen molar-refractivity contribution in [2.24, 2.45) is 5.92 Å². The number of nitrogens with one attached hydrogen (secondary N) is 1. The van der Waals surface area contributed by atoms with Crippen LogP contribution in [0, 0.1) is 5.92 Å². The van der Waals surface area contributed by atoms with E-state index in [2.05, 4.69) is 0 Å². The molecule has 0 fully saturated rings. The number of nitrogens with zero attached hydrogens (tertiary/aromatic N) is 1. The van der Waals surface area contributed by atoms with Crippen LogP contribution in [0.3, 0.4) is 0 Å². The van der Waals surface area contributed by atoms with Gasteiger partial charge >= 0.3 is 0 Å². The monoisotopic (exact) mass is 364 g/mol. The third-order valence-corrected chi connectivity index (χ3v) is 5.86. The highest BCUT2D eigenvalue weighted by molar-refractivity contribution is 7.90. The minimum Gasteiger partial charge on any atom is -0.289 e. The first kappa shape index (κ1) is 19.6. The van der Waals surface area contributed by atoms with Crippen LogP contribution in [0.25, 0.3) is 0 Å². The Balaban J connectivity index is 3.21. The first-order valence-electron chi connectivity index (χ1n) is 6.71. The largest absolute Gasteiger partial charge is 0.289 e. The van der Waals surface area contributed by atoms with Crippen molar-refractivity contribution in [3.8, 4) is 0 Å². The van der Waals surface area contributed by atoms with Crippen molar-refractivity contribution < 1.29 is 26.8 Å². The molecule has 0 unspecified atom stereocenters. The lowest BCUT2D eigenvalue weighted by Gasteiger charge is -2.23. The van der Waals surface area contributed by atoms with Gasteiger partial charge in [0.05, 0.1) is 16.3 Å². The molecule has 10 heteroatoms. The van der Waals surface area contributed by atoms with Gasteiger partial charge in [0, 0.05) is 12.8 Å². The molecule has 0 aromatic heterocycles. The van der Waals surface area contributed by atoms with E-state index in [1.165, 1.54) is 29.7 Å². The zero-order valence-corrected chi connectivity index (χ0v) is 14.7. The van der Waals surface area contributed by atoms with Crippen molar-refractivity contribution in [1.82, 2.24) is 9.79 Å². The molecule has 1 rings (SSSR count). The highest BCUT2D eigenvalue weighted by atomic mass is 32.2. The predicted molar refractivity (Wildman–Crippen MR) is 83.1 cm³/mol. The fourth-order valence-electron chi connectivity index (χ4n) is 1.86. The molecule has 130 valence electrons. The standard InChI is InChI=1S/C13H20N2O6S2/c1-10(2)8-15(9-13(16)14-17)23(20,21)12-6-4-11(5-7-12)22(3,18)19/h4-7,10,17H,8-9H2,1-3H3,(H,14,16). The second kappa shape index (κ2) is 7.39. The fourth-order valence-corrected chi connectivity index (χ4v) is 4.05. The van der Waals surface area contributed by atoms with Gasteiger partial charge in [0.1, 0.15) is 0 Å². The maximum absolute atomic E-state index is 12.6. The zero-order valence-electron chi connectivity index (χ0n) is 13.1. The zero-order chi connectivity index (χ0) is 17.8. The molecule has 0 spiro atoms. The van der Waals surface area contributed by atoms with Gasteiger partial charge < -0.3 is 0 Å². The van der Waals surface area contributed by atoms with Gasteiger partial charge in [0.25, 0.3) is 5.91 Å². The number of benzene rings is 1. The summed E-state index contributed by atoms with van der Waals surface area (Å²) in [5, 5.41) is 8.59. The molecule has 8 nitrogen and oxygen atoms in total. The maximum Gasteiger partial charge on any atom is 0.258 e. The number of carbonyl (C=O) groups excluding carboxylic acids is 1. The molecular formula is C13H20N2O6S2. The molecule has 0 aliphatic rings. The Bertz CT molecular complexity index is 754. The van der Waals surface area contributed by atoms with E-state index in [0.717, 1.165) is 10.6 Å². The lowest BCUT2D eigenvalue weighted by Crippen LogP contribution is -2.41. The highest BCUT2D eigenvalue weighted by Gasteiger charge is 2.27. The minimum atomic E-state index is -4.00. The van der Waals surface area contributed by atoms with E-state index in [1.807, 2.05) is 0 Å². The first-order chi connectivity index (χ1) is 10.5. The van der Waals surface area contributed by atoms with Gasteiger partial charge in [-0.05, 0) is 30.2 Å². The number of amides is 1. The molecular weight excluding hydrogens is 344 g/mol. The van der Waals surface area contributed by atoms with E-state index >= 15 is 0 Å². The molecule has 0 saturated heterocycles. The summed E-state index contributed by atoms with van der Waals surface area (Å²) in [7, 11) is -7.43. The summed E-state index contributed by atoms with van der Waals surface area (Å²) >= 11 is 0. The number of carbonyl (C=O) groups is 1. The first-order valence-corrected chi connectivity index (χ1v) is 10.0. The third kappa shape index (κ3) is 5.27. The smallest absolute Gasteiger partial charge is 0.258 e. The average molecular weight is 364 g/mol. The quantitative estimate of drug-likeness (QED) is 0.528. The lowest BCUT2D eigenvalue weighted by molar-refractivity contribution is -0.129. The van der Waals surface area contributed by atoms with Crippen LogP contribution in [0.1, 0.15) is 13.8 Å². The normalized spacial score (nSPS) is 12.6. The molecule has 1 amide bonds. The second-order valence-electron chi connectivity index (χ2n) is 5.47.